The van der Waals surface area contributed by atoms with Gasteiger partial charge in [-0.2, -0.15) is 0 Å². The van der Waals surface area contributed by atoms with Crippen molar-refractivity contribution >= 4 is 14.7 Å². The molecule has 0 spiro atoms. The summed E-state index contributed by atoms with van der Waals surface area (Å²) in [5, 5.41) is 0. The summed E-state index contributed by atoms with van der Waals surface area (Å²) in [6.07, 6.45) is 0.965. The topological polar surface area (TPSA) is 54.0 Å². The largest absolute Gasteiger partial charge is 0.462 e. The molecular formula is C18H30BO5P. The van der Waals surface area contributed by atoms with Crippen molar-refractivity contribution in [2.45, 2.75) is 65.2 Å². The lowest BCUT2D eigenvalue weighted by Gasteiger charge is -2.32. The minimum absolute atomic E-state index is 0.256. The highest BCUT2D eigenvalue weighted by molar-refractivity contribution is 7.53. The Kier molecular flexibility index (Phi) is 6.56. The van der Waals surface area contributed by atoms with E-state index in [0.29, 0.717) is 19.5 Å². The number of hydrogen-bond acceptors (Lipinski definition) is 5. The average molecular weight is 368 g/mol. The molecule has 25 heavy (non-hydrogen) atoms. The third kappa shape index (κ3) is 5.18. The van der Waals surface area contributed by atoms with Crippen molar-refractivity contribution in [3.05, 3.63) is 35.4 Å². The molecule has 2 rings (SSSR count). The quantitative estimate of drug-likeness (QED) is 0.495. The lowest BCUT2D eigenvalue weighted by atomic mass is 9.80. The molecule has 140 valence electrons. The minimum Gasteiger partial charge on any atom is -0.403 e. The van der Waals surface area contributed by atoms with Gasteiger partial charge in [-0.3, -0.25) is 4.57 Å². The molecule has 0 atom stereocenters. The monoisotopic (exact) mass is 368 g/mol. The molecule has 0 N–H and O–H groups in total. The third-order valence-corrected chi connectivity index (χ3v) is 6.81. The Bertz CT molecular complexity index is 588. The molecule has 5 nitrogen and oxygen atoms in total. The highest BCUT2D eigenvalue weighted by Crippen LogP contribution is 2.51. The molecule has 0 radical (unpaired) electrons. The molecule has 7 heteroatoms. The van der Waals surface area contributed by atoms with Crippen LogP contribution in [0.1, 0.15) is 52.7 Å². The maximum absolute atomic E-state index is 12.6. The average Bonchev–Trinajstić information content (AvgIpc) is 2.68. The summed E-state index contributed by atoms with van der Waals surface area (Å²) in [5.74, 6) is 0. The summed E-state index contributed by atoms with van der Waals surface area (Å²) in [7, 11) is -3.33. The Morgan fingerprint density at radius 2 is 1.36 bits per heavy atom. The van der Waals surface area contributed by atoms with Gasteiger partial charge in [0.25, 0.3) is 0 Å². The van der Waals surface area contributed by atoms with Crippen molar-refractivity contribution in [2.24, 2.45) is 0 Å². The van der Waals surface area contributed by atoms with Gasteiger partial charge in [-0.15, -0.1) is 0 Å². The zero-order valence-corrected chi connectivity index (χ0v) is 17.1. The van der Waals surface area contributed by atoms with Crippen LogP contribution in [-0.4, -0.2) is 31.5 Å². The molecule has 0 amide bonds. The predicted molar refractivity (Wildman–Crippen MR) is 101 cm³/mol. The van der Waals surface area contributed by atoms with Crippen molar-refractivity contribution in [3.8, 4) is 0 Å². The van der Waals surface area contributed by atoms with E-state index in [4.69, 9.17) is 18.4 Å². The van der Waals surface area contributed by atoms with Gasteiger partial charge >= 0.3 is 14.7 Å². The third-order valence-electron chi connectivity index (χ3n) is 4.76. The van der Waals surface area contributed by atoms with E-state index in [9.17, 15) is 4.57 Å². The van der Waals surface area contributed by atoms with Crippen LogP contribution in [0.5, 0.6) is 0 Å². The standard InChI is InChI=1S/C18H30BO5P/c1-7-21-25(20,22-8-2)14-16-11-9-15(10-12-16)13-19-23-17(3,4)18(5,6)24-19/h9-12H,7-8,13-14H2,1-6H3. The number of benzene rings is 1. The van der Waals surface area contributed by atoms with Crippen molar-refractivity contribution in [1.29, 1.82) is 0 Å². The Morgan fingerprint density at radius 3 is 1.80 bits per heavy atom. The maximum atomic E-state index is 12.6. The molecule has 1 fully saturated rings. The van der Waals surface area contributed by atoms with Gasteiger partial charge in [-0.1, -0.05) is 24.3 Å². The van der Waals surface area contributed by atoms with E-state index in [-0.39, 0.29) is 24.5 Å². The molecule has 1 heterocycles. The summed E-state index contributed by atoms with van der Waals surface area (Å²) >= 11 is 0. The van der Waals surface area contributed by atoms with Crippen molar-refractivity contribution < 1.29 is 22.9 Å². The summed E-state index contributed by atoms with van der Waals surface area (Å²) in [6.45, 7) is 12.6. The van der Waals surface area contributed by atoms with Gasteiger partial charge in [0.15, 0.2) is 0 Å². The first-order valence-electron chi connectivity index (χ1n) is 8.92. The second-order valence-electron chi connectivity index (χ2n) is 7.31. The molecule has 0 aliphatic carbocycles. The molecule has 0 bridgehead atoms. The summed E-state index contributed by atoms with van der Waals surface area (Å²) in [4.78, 5) is 0. The van der Waals surface area contributed by atoms with Crippen LogP contribution in [0.2, 0.25) is 0 Å². The number of hydrogen-bond donors (Lipinski definition) is 0. The fraction of sp³-hybridized carbons (Fsp3) is 0.667. The van der Waals surface area contributed by atoms with Crippen molar-refractivity contribution in [3.63, 3.8) is 0 Å². The first-order valence-corrected chi connectivity index (χ1v) is 10.6. The van der Waals surface area contributed by atoms with Gasteiger partial charge in [-0.25, -0.2) is 0 Å². The molecule has 1 aliphatic heterocycles. The van der Waals surface area contributed by atoms with E-state index in [2.05, 4.69) is 27.7 Å². The Balaban J connectivity index is 2.00. The van der Waals surface area contributed by atoms with Gasteiger partial charge < -0.3 is 18.4 Å². The van der Waals surface area contributed by atoms with Crippen LogP contribution in [0.3, 0.4) is 0 Å². The summed E-state index contributed by atoms with van der Waals surface area (Å²) in [6, 6.07) is 7.96. The lowest BCUT2D eigenvalue weighted by molar-refractivity contribution is 0.00578. The van der Waals surface area contributed by atoms with Crippen LogP contribution in [0.15, 0.2) is 24.3 Å². The number of rotatable bonds is 8. The Morgan fingerprint density at radius 1 is 0.920 bits per heavy atom. The first-order chi connectivity index (χ1) is 11.6. The van der Waals surface area contributed by atoms with Crippen LogP contribution in [0.25, 0.3) is 0 Å². The van der Waals surface area contributed by atoms with Crippen molar-refractivity contribution in [2.75, 3.05) is 13.2 Å². The van der Waals surface area contributed by atoms with E-state index >= 15 is 0 Å². The summed E-state index contributed by atoms with van der Waals surface area (Å²) < 4.78 is 35.4. The highest BCUT2D eigenvalue weighted by Gasteiger charge is 2.50. The van der Waals surface area contributed by atoms with Crippen LogP contribution in [0, 0.1) is 0 Å². The van der Waals surface area contributed by atoms with Crippen LogP contribution in [0.4, 0.5) is 0 Å². The second-order valence-corrected chi connectivity index (χ2v) is 9.37. The molecule has 1 aliphatic rings. The van der Waals surface area contributed by atoms with Gasteiger partial charge in [0.2, 0.25) is 0 Å². The predicted octanol–water partition coefficient (Wildman–Crippen LogP) is 4.63. The van der Waals surface area contributed by atoms with Crippen LogP contribution in [-0.2, 0) is 35.4 Å². The zero-order chi connectivity index (χ0) is 18.7. The van der Waals surface area contributed by atoms with Crippen LogP contribution < -0.4 is 0 Å². The SMILES string of the molecule is CCOP(=O)(Cc1ccc(CB2OC(C)(C)C(C)(C)O2)cc1)OCC. The van der Waals surface area contributed by atoms with Gasteiger partial charge in [0.05, 0.1) is 30.6 Å². The van der Waals surface area contributed by atoms with Gasteiger partial charge in [0.1, 0.15) is 0 Å². The van der Waals surface area contributed by atoms with E-state index < -0.39 is 7.60 Å². The van der Waals surface area contributed by atoms with E-state index in [1.54, 1.807) is 0 Å². The first kappa shape index (κ1) is 20.7. The van der Waals surface area contributed by atoms with E-state index in [0.717, 1.165) is 11.1 Å². The molecular weight excluding hydrogens is 338 g/mol. The molecule has 1 aromatic carbocycles. The highest BCUT2D eigenvalue weighted by atomic mass is 31.2. The fourth-order valence-corrected chi connectivity index (χ4v) is 4.47. The zero-order valence-electron chi connectivity index (χ0n) is 16.2. The summed E-state index contributed by atoms with van der Waals surface area (Å²) in [5.41, 5.74) is 1.41. The Hall–Kier alpha value is -0.645. The fourth-order valence-electron chi connectivity index (χ4n) is 2.77. The minimum atomic E-state index is -3.07. The molecule has 1 saturated heterocycles. The lowest BCUT2D eigenvalue weighted by Crippen LogP contribution is -2.41. The van der Waals surface area contributed by atoms with Gasteiger partial charge in [-0.05, 0) is 52.7 Å². The maximum Gasteiger partial charge on any atom is 0.462 e. The van der Waals surface area contributed by atoms with Crippen LogP contribution >= 0.6 is 7.60 Å². The molecule has 1 aromatic rings. The smallest absolute Gasteiger partial charge is 0.403 e. The van der Waals surface area contributed by atoms with E-state index in [1.807, 2.05) is 38.1 Å². The second kappa shape index (κ2) is 7.93. The van der Waals surface area contributed by atoms with Gasteiger partial charge in [0, 0.05) is 6.32 Å². The molecule has 0 aromatic heterocycles. The Labute approximate surface area is 152 Å². The molecule has 0 unspecified atom stereocenters. The normalized spacial score (nSPS) is 19.4. The van der Waals surface area contributed by atoms with Crippen molar-refractivity contribution in [1.82, 2.24) is 0 Å². The van der Waals surface area contributed by atoms with E-state index in [1.165, 1.54) is 0 Å². The molecule has 0 saturated carbocycles.